The van der Waals surface area contributed by atoms with Crippen molar-refractivity contribution in [3.8, 4) is 0 Å². The van der Waals surface area contributed by atoms with Gasteiger partial charge in [-0.2, -0.15) is 4.98 Å². The normalized spacial score (nSPS) is 14.8. The van der Waals surface area contributed by atoms with E-state index in [9.17, 15) is 24.5 Å². The number of nitro benzene ring substituents is 1. The van der Waals surface area contributed by atoms with E-state index >= 15 is 0 Å². The van der Waals surface area contributed by atoms with Crippen LogP contribution < -0.4 is 21.5 Å². The van der Waals surface area contributed by atoms with Crippen molar-refractivity contribution in [3.05, 3.63) is 79.6 Å². The van der Waals surface area contributed by atoms with Gasteiger partial charge in [-0.25, -0.2) is 0 Å². The predicted octanol–water partition coefficient (Wildman–Crippen LogP) is 3.14. The number of nitrogens with one attached hydrogen (secondary N) is 4. The Morgan fingerprint density at radius 3 is 2.59 bits per heavy atom. The van der Waals surface area contributed by atoms with Gasteiger partial charge in [0.05, 0.1) is 16.4 Å². The number of benzene rings is 2. The van der Waals surface area contributed by atoms with Gasteiger partial charge in [-0.05, 0) is 30.3 Å². The molecule has 0 spiro atoms. The molecule has 32 heavy (non-hydrogen) atoms. The number of halogens is 1. The molecule has 1 atom stereocenters. The second-order valence-electron chi connectivity index (χ2n) is 6.88. The van der Waals surface area contributed by atoms with Gasteiger partial charge in [-0.3, -0.25) is 29.5 Å². The number of hydrogen-bond donors (Lipinski definition) is 4. The van der Waals surface area contributed by atoms with Gasteiger partial charge in [-0.15, -0.1) is 0 Å². The first kappa shape index (κ1) is 21.0. The highest BCUT2D eigenvalue weighted by Crippen LogP contribution is 2.31. The number of carbonyl (C=O) groups is 2. The van der Waals surface area contributed by atoms with Crippen molar-refractivity contribution < 1.29 is 14.5 Å². The molecule has 1 aliphatic rings. The summed E-state index contributed by atoms with van der Waals surface area (Å²) >= 11 is 5.86. The van der Waals surface area contributed by atoms with Crippen LogP contribution in [0.5, 0.6) is 0 Å². The number of H-pyrrole nitrogens is 1. The van der Waals surface area contributed by atoms with Gasteiger partial charge >= 0.3 is 0 Å². The molecule has 4 N–H and O–H groups in total. The first-order valence-electron chi connectivity index (χ1n) is 9.33. The average molecular weight is 455 g/mol. The number of anilines is 4. The molecule has 0 saturated heterocycles. The maximum Gasteiger partial charge on any atom is 0.292 e. The van der Waals surface area contributed by atoms with E-state index in [2.05, 4.69) is 25.9 Å². The third-order valence-electron chi connectivity index (χ3n) is 4.73. The first-order valence-corrected chi connectivity index (χ1v) is 9.70. The molecule has 162 valence electrons. The van der Waals surface area contributed by atoms with Crippen LogP contribution in [0.25, 0.3) is 0 Å². The van der Waals surface area contributed by atoms with Crippen LogP contribution in [0.15, 0.2) is 53.3 Å². The van der Waals surface area contributed by atoms with E-state index in [4.69, 9.17) is 11.6 Å². The highest BCUT2D eigenvalue weighted by Gasteiger charge is 2.35. The fourth-order valence-electron chi connectivity index (χ4n) is 3.28. The summed E-state index contributed by atoms with van der Waals surface area (Å²) in [5.41, 5.74) is -0.432. The van der Waals surface area contributed by atoms with E-state index in [-0.39, 0.29) is 35.1 Å². The van der Waals surface area contributed by atoms with Gasteiger partial charge in [0.1, 0.15) is 11.5 Å². The van der Waals surface area contributed by atoms with Crippen LogP contribution in [-0.2, 0) is 9.59 Å². The van der Waals surface area contributed by atoms with Gasteiger partial charge in [0.15, 0.2) is 0 Å². The maximum atomic E-state index is 12.9. The molecular formula is C20H15ClN6O5. The van der Waals surface area contributed by atoms with E-state index in [1.165, 1.54) is 24.3 Å². The number of hydrogen-bond acceptors (Lipinski definition) is 7. The Hall–Kier alpha value is -4.25. The summed E-state index contributed by atoms with van der Waals surface area (Å²) in [6, 6.07) is 12.2. The Bertz CT molecular complexity index is 1290. The molecule has 0 fully saturated rings. The number of carbonyl (C=O) groups excluding carboxylic acids is 2. The molecule has 1 aromatic heterocycles. The Kier molecular flexibility index (Phi) is 5.56. The smallest absolute Gasteiger partial charge is 0.292 e. The third kappa shape index (κ3) is 4.27. The molecule has 2 heterocycles. The number of nitrogens with zero attached hydrogens (tertiary/aromatic N) is 2. The zero-order chi connectivity index (χ0) is 22.8. The molecule has 0 bridgehead atoms. The summed E-state index contributed by atoms with van der Waals surface area (Å²) in [6.07, 6.45) is -0.311. The maximum absolute atomic E-state index is 12.9. The number of nitro groups is 1. The Morgan fingerprint density at radius 1 is 1.16 bits per heavy atom. The number of para-hydroxylation sites is 2. The van der Waals surface area contributed by atoms with Crippen molar-refractivity contribution in [2.75, 3.05) is 16.0 Å². The fourth-order valence-corrected chi connectivity index (χ4v) is 3.41. The van der Waals surface area contributed by atoms with Gasteiger partial charge < -0.3 is 16.0 Å². The zero-order valence-corrected chi connectivity index (χ0v) is 17.0. The van der Waals surface area contributed by atoms with Crippen molar-refractivity contribution in [1.82, 2.24) is 9.97 Å². The van der Waals surface area contributed by atoms with Crippen LogP contribution in [0.1, 0.15) is 17.9 Å². The Labute approximate surface area is 185 Å². The monoisotopic (exact) mass is 454 g/mol. The minimum Gasteiger partial charge on any atom is -0.326 e. The number of amides is 2. The van der Waals surface area contributed by atoms with Gasteiger partial charge in [0.2, 0.25) is 17.8 Å². The second kappa shape index (κ2) is 8.47. The van der Waals surface area contributed by atoms with Crippen LogP contribution >= 0.6 is 11.6 Å². The van der Waals surface area contributed by atoms with E-state index in [1.54, 1.807) is 24.3 Å². The molecule has 12 heteroatoms. The van der Waals surface area contributed by atoms with Gasteiger partial charge in [0, 0.05) is 23.2 Å². The molecule has 2 amide bonds. The quantitative estimate of drug-likeness (QED) is 0.340. The summed E-state index contributed by atoms with van der Waals surface area (Å²) in [7, 11) is 0. The molecular weight excluding hydrogens is 440 g/mol. The average Bonchev–Trinajstić information content (AvgIpc) is 2.74. The van der Waals surface area contributed by atoms with Crippen molar-refractivity contribution in [2.45, 2.75) is 12.3 Å². The molecule has 3 aromatic rings. The summed E-state index contributed by atoms with van der Waals surface area (Å²) in [5.74, 6) is -2.45. The summed E-state index contributed by atoms with van der Waals surface area (Å²) in [6.45, 7) is 0. The van der Waals surface area contributed by atoms with Crippen LogP contribution in [0.4, 0.5) is 28.8 Å². The molecule has 11 nitrogen and oxygen atoms in total. The summed E-state index contributed by atoms with van der Waals surface area (Å²) in [5, 5.41) is 19.6. The van der Waals surface area contributed by atoms with Crippen LogP contribution in [0, 0.1) is 10.1 Å². The molecule has 4 rings (SSSR count). The van der Waals surface area contributed by atoms with Gasteiger partial charge in [-0.1, -0.05) is 23.7 Å². The summed E-state index contributed by atoms with van der Waals surface area (Å²) in [4.78, 5) is 55.2. The fraction of sp³-hybridized carbons (Fsp3) is 0.100. The van der Waals surface area contributed by atoms with Gasteiger partial charge in [0.25, 0.3) is 11.2 Å². The lowest BCUT2D eigenvalue weighted by molar-refractivity contribution is -0.383. The lowest BCUT2D eigenvalue weighted by Gasteiger charge is -2.23. The van der Waals surface area contributed by atoms with E-state index in [0.29, 0.717) is 10.7 Å². The molecule has 1 aliphatic heterocycles. The molecule has 0 radical (unpaired) electrons. The Balaban J connectivity index is 1.65. The molecule has 0 unspecified atom stereocenters. The van der Waals surface area contributed by atoms with Crippen molar-refractivity contribution in [2.24, 2.45) is 0 Å². The number of fused-ring (bicyclic) bond motifs is 1. The SMILES string of the molecule is O=C1C[C@@H](C(=O)Nc2ccccc2[N+](=O)[O-])c2c(nc(Nc3ccc(Cl)cc3)[nH]c2=O)N1. The van der Waals surface area contributed by atoms with E-state index in [1.807, 2.05) is 0 Å². The van der Waals surface area contributed by atoms with Crippen molar-refractivity contribution in [1.29, 1.82) is 0 Å². The number of aromatic amines is 1. The number of aromatic nitrogens is 2. The van der Waals surface area contributed by atoms with Crippen LogP contribution in [0.2, 0.25) is 5.02 Å². The highest BCUT2D eigenvalue weighted by atomic mass is 35.5. The molecule has 0 aliphatic carbocycles. The minimum atomic E-state index is -1.18. The number of rotatable bonds is 5. The van der Waals surface area contributed by atoms with Crippen molar-refractivity contribution in [3.63, 3.8) is 0 Å². The standard InChI is InChI=1S/C20H15ClN6O5/c21-10-5-7-11(8-6-10)22-20-25-17-16(19(30)26-20)12(9-15(28)24-17)18(29)23-13-3-1-2-4-14(13)27(31)32/h1-8,12H,9H2,(H,23,29)(H3,22,24,25,26,28,30)/t12-/m1/s1. The zero-order valence-electron chi connectivity index (χ0n) is 16.2. The van der Waals surface area contributed by atoms with E-state index < -0.39 is 28.2 Å². The lowest BCUT2D eigenvalue weighted by atomic mass is 9.92. The molecule has 2 aromatic carbocycles. The van der Waals surface area contributed by atoms with Crippen molar-refractivity contribution >= 4 is 52.2 Å². The first-order chi connectivity index (χ1) is 15.3. The summed E-state index contributed by atoms with van der Waals surface area (Å²) < 4.78 is 0. The lowest BCUT2D eigenvalue weighted by Crippen LogP contribution is -2.36. The predicted molar refractivity (Wildman–Crippen MR) is 117 cm³/mol. The highest BCUT2D eigenvalue weighted by molar-refractivity contribution is 6.30. The molecule has 0 saturated carbocycles. The minimum absolute atomic E-state index is 0.0395. The second-order valence-corrected chi connectivity index (χ2v) is 7.31. The van der Waals surface area contributed by atoms with Crippen LogP contribution in [0.3, 0.4) is 0 Å². The van der Waals surface area contributed by atoms with Crippen LogP contribution in [-0.4, -0.2) is 26.7 Å². The topological polar surface area (TPSA) is 159 Å². The van der Waals surface area contributed by atoms with E-state index in [0.717, 1.165) is 0 Å². The largest absolute Gasteiger partial charge is 0.326 e. The third-order valence-corrected chi connectivity index (χ3v) is 4.99. The Morgan fingerprint density at radius 2 is 1.88 bits per heavy atom.